The van der Waals surface area contributed by atoms with Gasteiger partial charge in [-0.15, -0.1) is 0 Å². The molecule has 1 aliphatic heterocycles. The Morgan fingerprint density at radius 3 is 2.67 bits per heavy atom. The summed E-state index contributed by atoms with van der Waals surface area (Å²) >= 11 is 0. The largest absolute Gasteiger partial charge is 0.493 e. The molecule has 0 spiro atoms. The van der Waals surface area contributed by atoms with Crippen LogP contribution in [0.4, 0.5) is 0 Å². The number of nitrogens with two attached hydrogens (primary N) is 1. The first-order chi connectivity index (χ1) is 10.1. The molecule has 0 bridgehead atoms. The van der Waals surface area contributed by atoms with Crippen LogP contribution in [0.3, 0.4) is 0 Å². The summed E-state index contributed by atoms with van der Waals surface area (Å²) in [6.07, 6.45) is 0.666. The number of likely N-dealkylation sites (tertiary alicyclic amines) is 1. The molecule has 0 radical (unpaired) electrons. The minimum Gasteiger partial charge on any atom is -0.493 e. The van der Waals surface area contributed by atoms with Crippen LogP contribution < -0.4 is 15.2 Å². The van der Waals surface area contributed by atoms with Crippen molar-refractivity contribution in [2.45, 2.75) is 12.5 Å². The molecule has 1 heterocycles. The maximum absolute atomic E-state index is 11.1. The van der Waals surface area contributed by atoms with Crippen LogP contribution in [0.5, 0.6) is 11.5 Å². The summed E-state index contributed by atoms with van der Waals surface area (Å²) in [5.41, 5.74) is 6.92. The SMILES string of the molecule is COc1ccc([C@@H](CN)N2CC[C@H](C(=O)O)C2)cc1OC. The minimum atomic E-state index is -0.736. The highest BCUT2D eigenvalue weighted by Crippen LogP contribution is 2.33. The zero-order chi connectivity index (χ0) is 15.4. The number of carbonyl (C=O) groups is 1. The van der Waals surface area contributed by atoms with Gasteiger partial charge in [-0.25, -0.2) is 0 Å². The van der Waals surface area contributed by atoms with Crippen molar-refractivity contribution in [2.75, 3.05) is 33.9 Å². The van der Waals surface area contributed by atoms with E-state index in [2.05, 4.69) is 4.90 Å². The molecule has 21 heavy (non-hydrogen) atoms. The number of methoxy groups -OCH3 is 2. The molecule has 0 aliphatic carbocycles. The third-order valence-electron chi connectivity index (χ3n) is 4.03. The lowest BCUT2D eigenvalue weighted by Crippen LogP contribution is -2.32. The van der Waals surface area contributed by atoms with Crippen molar-refractivity contribution in [1.82, 2.24) is 4.90 Å². The molecule has 0 aromatic heterocycles. The van der Waals surface area contributed by atoms with Gasteiger partial charge in [0.25, 0.3) is 0 Å². The van der Waals surface area contributed by atoms with Crippen LogP contribution in [0, 0.1) is 5.92 Å². The Balaban J connectivity index is 2.20. The number of hydrogen-bond acceptors (Lipinski definition) is 5. The molecule has 6 nitrogen and oxygen atoms in total. The van der Waals surface area contributed by atoms with Crippen LogP contribution in [0.15, 0.2) is 18.2 Å². The second kappa shape index (κ2) is 6.78. The number of hydrogen-bond donors (Lipinski definition) is 2. The Bertz CT molecular complexity index is 506. The van der Waals surface area contributed by atoms with E-state index in [4.69, 9.17) is 20.3 Å². The van der Waals surface area contributed by atoms with Crippen LogP contribution in [0.25, 0.3) is 0 Å². The summed E-state index contributed by atoms with van der Waals surface area (Å²) in [5.74, 6) is 0.282. The highest BCUT2D eigenvalue weighted by molar-refractivity contribution is 5.70. The number of nitrogens with zero attached hydrogens (tertiary/aromatic N) is 1. The average molecular weight is 294 g/mol. The lowest BCUT2D eigenvalue weighted by molar-refractivity contribution is -0.141. The topological polar surface area (TPSA) is 85.0 Å². The molecule has 0 amide bonds. The Hall–Kier alpha value is -1.79. The Morgan fingerprint density at radius 1 is 1.43 bits per heavy atom. The minimum absolute atomic E-state index is 0.00541. The molecule has 3 N–H and O–H groups in total. The number of rotatable bonds is 6. The van der Waals surface area contributed by atoms with Gasteiger partial charge >= 0.3 is 5.97 Å². The normalized spacial score (nSPS) is 20.2. The molecular weight excluding hydrogens is 272 g/mol. The maximum atomic E-state index is 11.1. The van der Waals surface area contributed by atoms with Gasteiger partial charge in [-0.3, -0.25) is 9.69 Å². The zero-order valence-corrected chi connectivity index (χ0v) is 12.4. The fourth-order valence-corrected chi connectivity index (χ4v) is 2.83. The summed E-state index contributed by atoms with van der Waals surface area (Å²) in [4.78, 5) is 13.2. The fraction of sp³-hybridized carbons (Fsp3) is 0.533. The number of benzene rings is 1. The summed E-state index contributed by atoms with van der Waals surface area (Å²) in [5, 5.41) is 9.11. The highest BCUT2D eigenvalue weighted by Gasteiger charge is 2.32. The quantitative estimate of drug-likeness (QED) is 0.817. The Labute approximate surface area is 124 Å². The van der Waals surface area contributed by atoms with E-state index in [0.717, 1.165) is 12.1 Å². The lowest BCUT2D eigenvalue weighted by Gasteiger charge is -2.27. The molecule has 2 rings (SSSR count). The Morgan fingerprint density at radius 2 is 2.14 bits per heavy atom. The molecule has 0 unspecified atom stereocenters. The van der Waals surface area contributed by atoms with E-state index in [1.54, 1.807) is 14.2 Å². The molecule has 1 fully saturated rings. The Kier molecular flexibility index (Phi) is 5.03. The zero-order valence-electron chi connectivity index (χ0n) is 12.4. The van der Waals surface area contributed by atoms with Crippen molar-refractivity contribution in [1.29, 1.82) is 0 Å². The number of aliphatic carboxylic acids is 1. The molecule has 6 heteroatoms. The molecule has 1 aliphatic rings. The predicted molar refractivity (Wildman–Crippen MR) is 78.7 cm³/mol. The van der Waals surface area contributed by atoms with Gasteiger partial charge in [-0.1, -0.05) is 6.07 Å². The third kappa shape index (κ3) is 3.28. The van der Waals surface area contributed by atoms with Gasteiger partial charge in [-0.05, 0) is 30.7 Å². The van der Waals surface area contributed by atoms with Crippen LogP contribution in [-0.4, -0.2) is 49.8 Å². The first-order valence-electron chi connectivity index (χ1n) is 6.99. The smallest absolute Gasteiger partial charge is 0.307 e. The van der Waals surface area contributed by atoms with Crippen molar-refractivity contribution >= 4 is 5.97 Å². The van der Waals surface area contributed by atoms with Gasteiger partial charge in [0, 0.05) is 19.1 Å². The standard InChI is InChI=1S/C15H22N2O4/c1-20-13-4-3-10(7-14(13)21-2)12(8-16)17-6-5-11(9-17)15(18)19/h3-4,7,11-12H,5-6,8-9,16H2,1-2H3,(H,18,19)/t11-,12+/m0/s1. The van der Waals surface area contributed by atoms with Crippen LogP contribution in [0.2, 0.25) is 0 Å². The number of carboxylic acid groups (broad SMARTS) is 1. The molecule has 1 aromatic carbocycles. The predicted octanol–water partition coefficient (Wildman–Crippen LogP) is 1.11. The van der Waals surface area contributed by atoms with E-state index in [-0.39, 0.29) is 12.0 Å². The van der Waals surface area contributed by atoms with Gasteiger partial charge in [-0.2, -0.15) is 0 Å². The summed E-state index contributed by atoms with van der Waals surface area (Å²) in [7, 11) is 3.19. The lowest BCUT2D eigenvalue weighted by atomic mass is 10.0. The fourth-order valence-electron chi connectivity index (χ4n) is 2.83. The highest BCUT2D eigenvalue weighted by atomic mass is 16.5. The van der Waals surface area contributed by atoms with Gasteiger partial charge in [0.2, 0.25) is 0 Å². The van der Waals surface area contributed by atoms with Crippen molar-refractivity contribution in [3.63, 3.8) is 0 Å². The van der Waals surface area contributed by atoms with Crippen LogP contribution in [-0.2, 0) is 4.79 Å². The number of ether oxygens (including phenoxy) is 2. The van der Waals surface area contributed by atoms with Crippen molar-refractivity contribution in [3.8, 4) is 11.5 Å². The summed E-state index contributed by atoms with van der Waals surface area (Å²) in [6.45, 7) is 1.71. The van der Waals surface area contributed by atoms with Crippen LogP contribution >= 0.6 is 0 Å². The maximum Gasteiger partial charge on any atom is 0.307 e. The summed E-state index contributed by atoms with van der Waals surface area (Å²) in [6, 6.07) is 5.70. The van der Waals surface area contributed by atoms with Gasteiger partial charge in [0.05, 0.1) is 20.1 Å². The van der Waals surface area contributed by atoms with E-state index in [9.17, 15) is 4.79 Å². The number of carboxylic acids is 1. The van der Waals surface area contributed by atoms with E-state index in [0.29, 0.717) is 31.0 Å². The van der Waals surface area contributed by atoms with Gasteiger partial charge in [0.15, 0.2) is 11.5 Å². The van der Waals surface area contributed by atoms with E-state index in [1.165, 1.54) is 0 Å². The molecule has 1 saturated heterocycles. The molecule has 116 valence electrons. The second-order valence-corrected chi connectivity index (χ2v) is 5.18. The van der Waals surface area contributed by atoms with E-state index in [1.807, 2.05) is 18.2 Å². The van der Waals surface area contributed by atoms with Crippen molar-refractivity contribution < 1.29 is 19.4 Å². The van der Waals surface area contributed by atoms with Gasteiger partial charge in [0.1, 0.15) is 0 Å². The third-order valence-corrected chi connectivity index (χ3v) is 4.03. The van der Waals surface area contributed by atoms with E-state index < -0.39 is 5.97 Å². The van der Waals surface area contributed by atoms with Crippen molar-refractivity contribution in [3.05, 3.63) is 23.8 Å². The van der Waals surface area contributed by atoms with Gasteiger partial charge < -0.3 is 20.3 Å². The monoisotopic (exact) mass is 294 g/mol. The molecular formula is C15H22N2O4. The first-order valence-corrected chi connectivity index (χ1v) is 6.99. The molecule has 1 aromatic rings. The van der Waals surface area contributed by atoms with Crippen molar-refractivity contribution in [2.24, 2.45) is 11.7 Å². The molecule has 0 saturated carbocycles. The summed E-state index contributed by atoms with van der Waals surface area (Å²) < 4.78 is 10.5. The average Bonchev–Trinajstić information content (AvgIpc) is 2.97. The molecule has 2 atom stereocenters. The second-order valence-electron chi connectivity index (χ2n) is 5.18. The van der Waals surface area contributed by atoms with Crippen LogP contribution in [0.1, 0.15) is 18.0 Å². The van der Waals surface area contributed by atoms with E-state index >= 15 is 0 Å². The first kappa shape index (κ1) is 15.6.